The molecule has 1 N–H and O–H groups in total. The Kier molecular flexibility index (Phi) is 6.57. The standard InChI is InChI=1S/C20H31NO4/c1-23-19-8-7-15(13-20(19)24-2)10-12-25-18-6-4-3-5-17(18)21-11-9-16(22)14-21/h7-8,13,16-18,22H,3-6,9-12,14H2,1-2H3/t16-,17?,18-/m1/s1. The van der Waals surface area contributed by atoms with Gasteiger partial charge >= 0.3 is 0 Å². The minimum Gasteiger partial charge on any atom is -0.493 e. The molecule has 1 aliphatic heterocycles. The highest BCUT2D eigenvalue weighted by atomic mass is 16.5. The van der Waals surface area contributed by atoms with E-state index in [4.69, 9.17) is 14.2 Å². The van der Waals surface area contributed by atoms with Crippen molar-refractivity contribution in [2.24, 2.45) is 0 Å². The Bertz CT molecular complexity index is 550. The van der Waals surface area contributed by atoms with Gasteiger partial charge in [0.15, 0.2) is 11.5 Å². The number of hydrogen-bond donors (Lipinski definition) is 1. The van der Waals surface area contributed by atoms with E-state index < -0.39 is 0 Å². The van der Waals surface area contributed by atoms with Crippen LogP contribution in [0.2, 0.25) is 0 Å². The molecular weight excluding hydrogens is 318 g/mol. The number of β-amino-alcohol motifs (C(OH)–C–C–N with tert-alkyl or cyclic N) is 1. The molecule has 1 aromatic carbocycles. The van der Waals surface area contributed by atoms with Crippen molar-refractivity contribution in [2.75, 3.05) is 33.9 Å². The van der Waals surface area contributed by atoms with Gasteiger partial charge in [-0.3, -0.25) is 4.90 Å². The maximum absolute atomic E-state index is 9.83. The van der Waals surface area contributed by atoms with Gasteiger partial charge in [0.2, 0.25) is 0 Å². The third kappa shape index (κ3) is 4.66. The van der Waals surface area contributed by atoms with Crippen LogP contribution < -0.4 is 9.47 Å². The summed E-state index contributed by atoms with van der Waals surface area (Å²) >= 11 is 0. The van der Waals surface area contributed by atoms with Crippen molar-refractivity contribution >= 4 is 0 Å². The number of methoxy groups -OCH3 is 2. The van der Waals surface area contributed by atoms with Crippen LogP contribution in [-0.2, 0) is 11.2 Å². The Morgan fingerprint density at radius 1 is 1.08 bits per heavy atom. The molecule has 1 saturated carbocycles. The summed E-state index contributed by atoms with van der Waals surface area (Å²) < 4.78 is 16.9. The summed E-state index contributed by atoms with van der Waals surface area (Å²) in [7, 11) is 3.31. The first-order chi connectivity index (χ1) is 12.2. The number of benzene rings is 1. The van der Waals surface area contributed by atoms with Crippen LogP contribution in [0.15, 0.2) is 18.2 Å². The second kappa shape index (κ2) is 8.88. The minimum atomic E-state index is -0.158. The van der Waals surface area contributed by atoms with Crippen molar-refractivity contribution < 1.29 is 19.3 Å². The van der Waals surface area contributed by atoms with Crippen molar-refractivity contribution in [2.45, 2.75) is 56.8 Å². The molecule has 0 radical (unpaired) electrons. The minimum absolute atomic E-state index is 0.158. The van der Waals surface area contributed by atoms with E-state index in [9.17, 15) is 5.11 Å². The highest BCUT2D eigenvalue weighted by molar-refractivity contribution is 5.42. The second-order valence-corrected chi connectivity index (χ2v) is 7.14. The van der Waals surface area contributed by atoms with Crippen molar-refractivity contribution in [3.05, 3.63) is 23.8 Å². The molecule has 0 spiro atoms. The molecule has 3 rings (SSSR count). The summed E-state index contributed by atoms with van der Waals surface area (Å²) in [5, 5.41) is 9.83. The zero-order valence-corrected chi connectivity index (χ0v) is 15.4. The number of likely N-dealkylation sites (tertiary alicyclic amines) is 1. The average molecular weight is 349 g/mol. The summed E-state index contributed by atoms with van der Waals surface area (Å²) in [5.74, 6) is 1.52. The molecule has 1 unspecified atom stereocenters. The Morgan fingerprint density at radius 2 is 1.88 bits per heavy atom. The number of aliphatic hydroxyl groups is 1. The number of ether oxygens (including phenoxy) is 3. The van der Waals surface area contributed by atoms with E-state index in [1.54, 1.807) is 14.2 Å². The van der Waals surface area contributed by atoms with Gasteiger partial charge in [0.05, 0.1) is 33.0 Å². The van der Waals surface area contributed by atoms with Gasteiger partial charge in [0.25, 0.3) is 0 Å². The number of rotatable bonds is 7. The molecule has 3 atom stereocenters. The maximum atomic E-state index is 9.83. The molecule has 5 nitrogen and oxygen atoms in total. The maximum Gasteiger partial charge on any atom is 0.160 e. The monoisotopic (exact) mass is 349 g/mol. The fraction of sp³-hybridized carbons (Fsp3) is 0.700. The third-order valence-electron chi connectivity index (χ3n) is 5.50. The smallest absolute Gasteiger partial charge is 0.160 e. The normalized spacial score (nSPS) is 27.4. The van der Waals surface area contributed by atoms with Gasteiger partial charge in [-0.25, -0.2) is 0 Å². The molecule has 140 valence electrons. The van der Waals surface area contributed by atoms with E-state index in [-0.39, 0.29) is 6.10 Å². The summed E-state index contributed by atoms with van der Waals surface area (Å²) in [5.41, 5.74) is 1.20. The zero-order chi connectivity index (χ0) is 17.6. The van der Waals surface area contributed by atoms with Crippen LogP contribution in [0.25, 0.3) is 0 Å². The molecule has 1 saturated heterocycles. The van der Waals surface area contributed by atoms with Gasteiger partial charge in [0, 0.05) is 19.1 Å². The molecule has 2 fully saturated rings. The van der Waals surface area contributed by atoms with Gasteiger partial charge in [0.1, 0.15) is 0 Å². The molecule has 0 bridgehead atoms. The molecule has 2 aliphatic rings. The third-order valence-corrected chi connectivity index (χ3v) is 5.50. The fourth-order valence-corrected chi connectivity index (χ4v) is 4.12. The van der Waals surface area contributed by atoms with E-state index >= 15 is 0 Å². The van der Waals surface area contributed by atoms with Crippen LogP contribution in [0.3, 0.4) is 0 Å². The average Bonchev–Trinajstić information content (AvgIpc) is 3.08. The van der Waals surface area contributed by atoms with E-state index in [2.05, 4.69) is 11.0 Å². The summed E-state index contributed by atoms with van der Waals surface area (Å²) in [6.07, 6.45) is 6.73. The predicted octanol–water partition coefficient (Wildman–Crippen LogP) is 2.64. The topological polar surface area (TPSA) is 51.2 Å². The molecular formula is C20H31NO4. The summed E-state index contributed by atoms with van der Waals surface area (Å²) in [6.45, 7) is 2.52. The SMILES string of the molecule is COc1ccc(CCO[C@@H]2CCCCC2N2CC[C@@H](O)C2)cc1OC. The molecule has 1 aliphatic carbocycles. The lowest BCUT2D eigenvalue weighted by molar-refractivity contribution is -0.0316. The number of hydrogen-bond acceptors (Lipinski definition) is 5. The van der Waals surface area contributed by atoms with Crippen LogP contribution in [0.4, 0.5) is 0 Å². The van der Waals surface area contributed by atoms with Crippen molar-refractivity contribution in [1.29, 1.82) is 0 Å². The van der Waals surface area contributed by atoms with Gasteiger partial charge in [-0.2, -0.15) is 0 Å². The van der Waals surface area contributed by atoms with Gasteiger partial charge < -0.3 is 19.3 Å². The first kappa shape index (κ1) is 18.5. The van der Waals surface area contributed by atoms with E-state index in [0.29, 0.717) is 18.8 Å². The van der Waals surface area contributed by atoms with Gasteiger partial charge in [-0.1, -0.05) is 18.9 Å². The van der Waals surface area contributed by atoms with E-state index in [1.165, 1.54) is 24.8 Å². The Hall–Kier alpha value is -1.30. The summed E-state index contributed by atoms with van der Waals surface area (Å²) in [6, 6.07) is 6.51. The molecule has 0 aromatic heterocycles. The van der Waals surface area contributed by atoms with Crippen molar-refractivity contribution in [3.63, 3.8) is 0 Å². The van der Waals surface area contributed by atoms with Crippen LogP contribution in [0.1, 0.15) is 37.7 Å². The lowest BCUT2D eigenvalue weighted by Crippen LogP contribution is -2.46. The highest BCUT2D eigenvalue weighted by Crippen LogP contribution is 2.30. The van der Waals surface area contributed by atoms with Crippen LogP contribution in [-0.4, -0.2) is 62.2 Å². The van der Waals surface area contributed by atoms with Crippen LogP contribution >= 0.6 is 0 Å². The largest absolute Gasteiger partial charge is 0.493 e. The Morgan fingerprint density at radius 3 is 2.60 bits per heavy atom. The second-order valence-electron chi connectivity index (χ2n) is 7.14. The summed E-state index contributed by atoms with van der Waals surface area (Å²) in [4.78, 5) is 2.44. The highest BCUT2D eigenvalue weighted by Gasteiger charge is 2.34. The quantitative estimate of drug-likeness (QED) is 0.820. The molecule has 25 heavy (non-hydrogen) atoms. The zero-order valence-electron chi connectivity index (χ0n) is 15.4. The lowest BCUT2D eigenvalue weighted by Gasteiger charge is -2.37. The first-order valence-corrected chi connectivity index (χ1v) is 9.46. The van der Waals surface area contributed by atoms with Gasteiger partial charge in [-0.05, 0) is 43.4 Å². The van der Waals surface area contributed by atoms with E-state index in [0.717, 1.165) is 43.9 Å². The predicted molar refractivity (Wildman–Crippen MR) is 97.4 cm³/mol. The van der Waals surface area contributed by atoms with Crippen molar-refractivity contribution in [3.8, 4) is 11.5 Å². The first-order valence-electron chi connectivity index (χ1n) is 9.46. The Balaban J connectivity index is 1.53. The molecule has 1 aromatic rings. The number of nitrogens with zero attached hydrogens (tertiary/aromatic N) is 1. The molecule has 0 amide bonds. The molecule has 5 heteroatoms. The van der Waals surface area contributed by atoms with Crippen LogP contribution in [0, 0.1) is 0 Å². The number of aliphatic hydroxyl groups excluding tert-OH is 1. The van der Waals surface area contributed by atoms with Crippen molar-refractivity contribution in [1.82, 2.24) is 4.90 Å². The lowest BCUT2D eigenvalue weighted by atomic mass is 9.91. The van der Waals surface area contributed by atoms with Crippen LogP contribution in [0.5, 0.6) is 11.5 Å². The van der Waals surface area contributed by atoms with E-state index in [1.807, 2.05) is 12.1 Å². The Labute approximate surface area is 150 Å². The van der Waals surface area contributed by atoms with Gasteiger partial charge in [-0.15, -0.1) is 0 Å². The fourth-order valence-electron chi connectivity index (χ4n) is 4.12. The molecule has 1 heterocycles.